The van der Waals surface area contributed by atoms with Gasteiger partial charge in [-0.15, -0.1) is 37.2 Å². The van der Waals surface area contributed by atoms with Crippen LogP contribution in [0, 0.1) is 11.6 Å². The Morgan fingerprint density at radius 1 is 0.875 bits per heavy atom. The Morgan fingerprint density at radius 2 is 1.55 bits per heavy atom. The maximum atomic E-state index is 14.0. The second-order valence-electron chi connectivity index (χ2n) is 8.41. The van der Waals surface area contributed by atoms with Crippen molar-refractivity contribution in [3.05, 3.63) is 84.1 Å². The highest BCUT2D eigenvalue weighted by Crippen LogP contribution is 2.28. The van der Waals surface area contributed by atoms with E-state index in [9.17, 15) is 27.1 Å². The first-order valence-corrected chi connectivity index (χ1v) is 12.8. The Kier molecular flexibility index (Phi) is 10.9. The Labute approximate surface area is 247 Å². The Bertz CT molecular complexity index is 1610. The quantitative estimate of drug-likeness (QED) is 0.305. The minimum absolute atomic E-state index is 0. The van der Waals surface area contributed by atoms with Crippen LogP contribution < -0.4 is 14.5 Å². The molecule has 1 aliphatic heterocycles. The van der Waals surface area contributed by atoms with Gasteiger partial charge in [0.1, 0.15) is 28.2 Å². The van der Waals surface area contributed by atoms with Crippen LogP contribution in [0.5, 0.6) is 0 Å². The van der Waals surface area contributed by atoms with E-state index in [-0.39, 0.29) is 53.9 Å². The summed E-state index contributed by atoms with van der Waals surface area (Å²) in [5, 5.41) is 10.1. The highest BCUT2D eigenvalue weighted by Gasteiger charge is 2.23. The number of hydrogen-bond acceptors (Lipinski definition) is 7. The van der Waals surface area contributed by atoms with Crippen LogP contribution >= 0.6 is 37.2 Å². The number of nitrogens with zero attached hydrogens (tertiary/aromatic N) is 4. The molecular weight excluding hydrogens is 611 g/mol. The molecule has 1 aliphatic rings. The average molecular weight is 635 g/mol. The molecule has 1 fully saturated rings. The van der Waals surface area contributed by atoms with Crippen molar-refractivity contribution < 1.29 is 27.1 Å². The normalized spacial score (nSPS) is 13.1. The molecule has 0 radical (unpaired) electrons. The maximum Gasteiger partial charge on any atom is 0.336 e. The molecule has 214 valence electrons. The maximum absolute atomic E-state index is 14.0. The molecule has 2 N–H and O–H groups in total. The summed E-state index contributed by atoms with van der Waals surface area (Å²) in [7, 11) is -4.47. The van der Waals surface area contributed by atoms with Crippen molar-refractivity contribution in [2.45, 2.75) is 4.90 Å². The lowest BCUT2D eigenvalue weighted by molar-refractivity contribution is 0.0699. The van der Waals surface area contributed by atoms with Crippen LogP contribution in [-0.4, -0.2) is 55.6 Å². The summed E-state index contributed by atoms with van der Waals surface area (Å²) in [5.41, 5.74) is 0.268. The number of fused-ring (bicyclic) bond motifs is 1. The third-order valence-corrected chi connectivity index (χ3v) is 7.43. The Hall–Kier alpha value is -3.45. The lowest BCUT2D eigenvalue weighted by Gasteiger charge is -2.36. The first-order valence-electron chi connectivity index (χ1n) is 11.3. The molecule has 0 atom stereocenters. The van der Waals surface area contributed by atoms with E-state index in [1.807, 2.05) is 23.1 Å². The summed E-state index contributed by atoms with van der Waals surface area (Å²) in [6.07, 6.45) is 1.73. The van der Waals surface area contributed by atoms with Crippen LogP contribution in [-0.2, 0) is 10.0 Å². The molecule has 40 heavy (non-hydrogen) atoms. The van der Waals surface area contributed by atoms with Crippen molar-refractivity contribution in [1.29, 1.82) is 0 Å². The molecule has 0 spiro atoms. The van der Waals surface area contributed by atoms with E-state index in [4.69, 9.17) is 0 Å². The number of piperazine rings is 1. The molecule has 9 nitrogen and oxygen atoms in total. The fourth-order valence-corrected chi connectivity index (χ4v) is 5.35. The number of carboxylic acids is 1. The molecule has 0 unspecified atom stereocenters. The number of nitrogens with one attached hydrogen (secondary N) is 1. The zero-order valence-corrected chi connectivity index (χ0v) is 23.8. The molecule has 0 amide bonds. The van der Waals surface area contributed by atoms with E-state index in [2.05, 4.69) is 19.6 Å². The molecule has 2 aromatic carbocycles. The summed E-state index contributed by atoms with van der Waals surface area (Å²) < 4.78 is 55.1. The van der Waals surface area contributed by atoms with Gasteiger partial charge >= 0.3 is 5.97 Å². The van der Waals surface area contributed by atoms with Gasteiger partial charge in [0, 0.05) is 43.4 Å². The topological polar surface area (TPSA) is 116 Å². The zero-order chi connectivity index (χ0) is 26.2. The molecule has 0 saturated carbocycles. The van der Waals surface area contributed by atoms with Gasteiger partial charge in [-0.25, -0.2) is 32.0 Å². The number of carbonyl (C=O) groups is 1. The number of halogens is 5. The third kappa shape index (κ3) is 6.81. The smallest absolute Gasteiger partial charge is 0.336 e. The van der Waals surface area contributed by atoms with Gasteiger partial charge in [0.15, 0.2) is 0 Å². The summed E-state index contributed by atoms with van der Waals surface area (Å²) in [6, 6.07) is 13.4. The minimum Gasteiger partial charge on any atom is -0.478 e. The van der Waals surface area contributed by atoms with E-state index in [1.54, 1.807) is 6.20 Å². The summed E-state index contributed by atoms with van der Waals surface area (Å²) in [5.74, 6) is -1.88. The average Bonchev–Trinajstić information content (AvgIpc) is 2.89. The van der Waals surface area contributed by atoms with Crippen molar-refractivity contribution in [3.8, 4) is 0 Å². The van der Waals surface area contributed by atoms with Gasteiger partial charge < -0.3 is 14.9 Å². The predicted molar refractivity (Wildman–Crippen MR) is 156 cm³/mol. The Morgan fingerprint density at radius 3 is 2.17 bits per heavy atom. The number of pyridine rings is 2. The van der Waals surface area contributed by atoms with Gasteiger partial charge in [-0.1, -0.05) is 6.07 Å². The lowest BCUT2D eigenvalue weighted by atomic mass is 10.1. The van der Waals surface area contributed by atoms with Gasteiger partial charge in [-0.2, -0.15) is 0 Å². The fraction of sp³-hybridized carbons (Fsp3) is 0.160. The van der Waals surface area contributed by atoms with Crippen molar-refractivity contribution in [2.24, 2.45) is 0 Å². The summed E-state index contributed by atoms with van der Waals surface area (Å²) in [6.45, 7) is 2.56. The number of rotatable bonds is 6. The van der Waals surface area contributed by atoms with Gasteiger partial charge in [0.2, 0.25) is 0 Å². The molecule has 4 aromatic rings. The standard InChI is InChI=1S/C25H21F2N5O4S.3ClH/c26-16-4-6-20(27)22(13-16)37(35,36)30-17-5-7-21-18(14-17)19(25(33)34)15-24(29-21)32-11-9-31(10-12-32)23-3-1-2-8-28-23;;;/h1-8,13-15,30H,9-12H2,(H,33,34);3*1H. The van der Waals surface area contributed by atoms with E-state index < -0.39 is 32.5 Å². The van der Waals surface area contributed by atoms with Gasteiger partial charge in [0.05, 0.1) is 11.1 Å². The highest BCUT2D eigenvalue weighted by atomic mass is 35.5. The third-order valence-electron chi connectivity index (χ3n) is 6.04. The Balaban J connectivity index is 0.00000187. The van der Waals surface area contributed by atoms with Gasteiger partial charge in [0.25, 0.3) is 10.0 Å². The molecule has 1 saturated heterocycles. The minimum atomic E-state index is -4.47. The van der Waals surface area contributed by atoms with Crippen molar-refractivity contribution >= 4 is 81.4 Å². The van der Waals surface area contributed by atoms with Crippen molar-refractivity contribution in [3.63, 3.8) is 0 Å². The molecule has 5 rings (SSSR count). The van der Waals surface area contributed by atoms with Gasteiger partial charge in [-0.05, 0) is 54.6 Å². The zero-order valence-electron chi connectivity index (χ0n) is 20.5. The van der Waals surface area contributed by atoms with Crippen LogP contribution in [0.4, 0.5) is 26.1 Å². The second kappa shape index (κ2) is 13.3. The van der Waals surface area contributed by atoms with E-state index in [0.717, 1.165) is 11.9 Å². The van der Waals surface area contributed by atoms with Crippen molar-refractivity contribution in [2.75, 3.05) is 40.7 Å². The van der Waals surface area contributed by atoms with E-state index >= 15 is 0 Å². The van der Waals surface area contributed by atoms with E-state index in [1.165, 1.54) is 24.3 Å². The molecule has 0 bridgehead atoms. The molecular formula is C25H24Cl3F2N5O4S. The van der Waals surface area contributed by atoms with Crippen LogP contribution in [0.25, 0.3) is 10.9 Å². The lowest BCUT2D eigenvalue weighted by Crippen LogP contribution is -2.47. The number of benzene rings is 2. The molecule has 2 aromatic heterocycles. The first-order chi connectivity index (χ1) is 17.7. The second-order valence-corrected chi connectivity index (χ2v) is 10.1. The number of aromatic carboxylic acids is 1. The summed E-state index contributed by atoms with van der Waals surface area (Å²) in [4.78, 5) is 24.3. The van der Waals surface area contributed by atoms with Crippen LogP contribution in [0.2, 0.25) is 0 Å². The molecule has 15 heteroatoms. The molecule has 0 aliphatic carbocycles. The number of aromatic nitrogens is 2. The van der Waals surface area contributed by atoms with Crippen LogP contribution in [0.15, 0.2) is 71.8 Å². The number of hydrogen-bond donors (Lipinski definition) is 2. The largest absolute Gasteiger partial charge is 0.478 e. The SMILES string of the molecule is Cl.Cl.Cl.O=C(O)c1cc(N2CCN(c3ccccn3)CC2)nc2ccc(NS(=O)(=O)c3cc(F)ccc3F)cc12. The number of anilines is 3. The fourth-order valence-electron chi connectivity index (χ4n) is 4.21. The number of sulfonamides is 1. The first kappa shape index (κ1) is 32.8. The monoisotopic (exact) mass is 633 g/mol. The highest BCUT2D eigenvalue weighted by molar-refractivity contribution is 7.92. The van der Waals surface area contributed by atoms with Crippen molar-refractivity contribution in [1.82, 2.24) is 9.97 Å². The van der Waals surface area contributed by atoms with Gasteiger partial charge in [-0.3, -0.25) is 4.72 Å². The van der Waals surface area contributed by atoms with Crippen LogP contribution in [0.3, 0.4) is 0 Å². The predicted octanol–water partition coefficient (Wildman–Crippen LogP) is 5.00. The van der Waals surface area contributed by atoms with E-state index in [0.29, 0.717) is 49.6 Å². The molecule has 3 heterocycles. The number of carboxylic acid groups (broad SMARTS) is 1. The summed E-state index contributed by atoms with van der Waals surface area (Å²) >= 11 is 0. The van der Waals surface area contributed by atoms with Crippen LogP contribution in [0.1, 0.15) is 10.4 Å².